The minimum absolute atomic E-state index is 0. The van der Waals surface area contributed by atoms with Crippen molar-refractivity contribution in [2.75, 3.05) is 33.3 Å². The fourth-order valence-electron chi connectivity index (χ4n) is 2.77. The van der Waals surface area contributed by atoms with Crippen LogP contribution in [0.5, 0.6) is 0 Å². The quantitative estimate of drug-likeness (QED) is 0.439. The maximum atomic E-state index is 12.9. The van der Waals surface area contributed by atoms with Crippen molar-refractivity contribution in [3.63, 3.8) is 0 Å². The fourth-order valence-corrected chi connectivity index (χ4v) is 2.77. The van der Waals surface area contributed by atoms with Crippen molar-refractivity contribution in [3.8, 4) is 0 Å². The molecule has 0 aromatic heterocycles. The van der Waals surface area contributed by atoms with Crippen molar-refractivity contribution in [1.29, 1.82) is 0 Å². The molecule has 6 heteroatoms. The molecule has 1 aromatic carbocycles. The molecule has 0 atom stereocenters. The molecule has 0 radical (unpaired) electrons. The molecule has 1 saturated heterocycles. The lowest BCUT2D eigenvalue weighted by molar-refractivity contribution is 0.0264. The summed E-state index contributed by atoms with van der Waals surface area (Å²) in [6.45, 7) is 5.57. The Morgan fingerprint density at radius 1 is 1.30 bits per heavy atom. The summed E-state index contributed by atoms with van der Waals surface area (Å²) in [5.41, 5.74) is 1.12. The number of guanidine groups is 1. The Kier molecular flexibility index (Phi) is 9.47. The predicted octanol–water partition coefficient (Wildman–Crippen LogP) is 3.06. The molecule has 4 nitrogen and oxygen atoms in total. The second-order valence-corrected chi connectivity index (χ2v) is 5.49. The van der Waals surface area contributed by atoms with Crippen molar-refractivity contribution >= 4 is 29.9 Å². The third-order valence-electron chi connectivity index (χ3n) is 3.97. The highest BCUT2D eigenvalue weighted by Gasteiger charge is 2.21. The van der Waals surface area contributed by atoms with Crippen molar-refractivity contribution in [1.82, 2.24) is 10.2 Å². The first-order chi connectivity index (χ1) is 10.7. The highest BCUT2D eigenvalue weighted by Crippen LogP contribution is 2.13. The predicted molar refractivity (Wildman–Crippen MR) is 103 cm³/mol. The van der Waals surface area contributed by atoms with Crippen LogP contribution in [0, 0.1) is 5.82 Å². The van der Waals surface area contributed by atoms with Gasteiger partial charge in [0, 0.05) is 33.3 Å². The molecular weight excluding hydrogens is 408 g/mol. The van der Waals surface area contributed by atoms with Gasteiger partial charge in [0.05, 0.1) is 6.10 Å². The third-order valence-corrected chi connectivity index (χ3v) is 3.97. The van der Waals surface area contributed by atoms with E-state index in [1.165, 1.54) is 12.1 Å². The number of likely N-dealkylation sites (tertiary alicyclic amines) is 1. The van der Waals surface area contributed by atoms with Crippen LogP contribution < -0.4 is 5.32 Å². The van der Waals surface area contributed by atoms with Gasteiger partial charge in [0.25, 0.3) is 0 Å². The summed E-state index contributed by atoms with van der Waals surface area (Å²) < 4.78 is 18.5. The maximum Gasteiger partial charge on any atom is 0.193 e. The summed E-state index contributed by atoms with van der Waals surface area (Å²) >= 11 is 0. The van der Waals surface area contributed by atoms with Crippen LogP contribution in [0.2, 0.25) is 0 Å². The number of rotatable bonds is 5. The first kappa shape index (κ1) is 20.2. The number of ether oxygens (including phenoxy) is 1. The zero-order valence-corrected chi connectivity index (χ0v) is 16.3. The van der Waals surface area contributed by atoms with E-state index in [0.717, 1.165) is 57.0 Å². The van der Waals surface area contributed by atoms with Gasteiger partial charge in [-0.2, -0.15) is 0 Å². The van der Waals surface area contributed by atoms with Gasteiger partial charge in [-0.1, -0.05) is 12.1 Å². The number of nitrogens with zero attached hydrogens (tertiary/aromatic N) is 2. The van der Waals surface area contributed by atoms with Crippen LogP contribution in [0.4, 0.5) is 4.39 Å². The normalized spacial score (nSPS) is 16.1. The van der Waals surface area contributed by atoms with Crippen LogP contribution in [0.15, 0.2) is 29.3 Å². The van der Waals surface area contributed by atoms with Crippen LogP contribution >= 0.6 is 24.0 Å². The molecular formula is C17H27FIN3O. The van der Waals surface area contributed by atoms with Crippen molar-refractivity contribution < 1.29 is 9.13 Å². The molecule has 2 rings (SSSR count). The van der Waals surface area contributed by atoms with Gasteiger partial charge in [-0.25, -0.2) is 4.39 Å². The first-order valence-electron chi connectivity index (χ1n) is 8.04. The zero-order valence-electron chi connectivity index (χ0n) is 13.9. The molecule has 0 aliphatic carbocycles. The summed E-state index contributed by atoms with van der Waals surface area (Å²) in [4.78, 5) is 6.64. The van der Waals surface area contributed by atoms with Crippen LogP contribution in [-0.4, -0.2) is 50.3 Å². The molecule has 1 aliphatic rings. The topological polar surface area (TPSA) is 36.9 Å². The summed E-state index contributed by atoms with van der Waals surface area (Å²) in [6.07, 6.45) is 3.34. The van der Waals surface area contributed by atoms with Crippen molar-refractivity contribution in [2.24, 2.45) is 4.99 Å². The van der Waals surface area contributed by atoms with E-state index in [9.17, 15) is 4.39 Å². The molecule has 0 spiro atoms. The molecule has 0 bridgehead atoms. The molecule has 1 aromatic rings. The average molecular weight is 435 g/mol. The average Bonchev–Trinajstić information content (AvgIpc) is 2.55. The SMILES string of the molecule is CCOC1CCN(C(=NC)NCCc2ccc(F)cc2)CC1.I. The van der Waals surface area contributed by atoms with E-state index in [1.807, 2.05) is 26.1 Å². The van der Waals surface area contributed by atoms with E-state index < -0.39 is 0 Å². The van der Waals surface area contributed by atoms with Crippen LogP contribution in [-0.2, 0) is 11.2 Å². The van der Waals surface area contributed by atoms with Gasteiger partial charge in [0.2, 0.25) is 0 Å². The second-order valence-electron chi connectivity index (χ2n) is 5.49. The van der Waals surface area contributed by atoms with Gasteiger partial charge in [0.15, 0.2) is 5.96 Å². The van der Waals surface area contributed by atoms with E-state index in [0.29, 0.717) is 6.10 Å². The molecule has 23 heavy (non-hydrogen) atoms. The Balaban J connectivity index is 0.00000264. The smallest absolute Gasteiger partial charge is 0.193 e. The van der Waals surface area contributed by atoms with Gasteiger partial charge in [-0.3, -0.25) is 4.99 Å². The molecule has 130 valence electrons. The number of halogens is 2. The molecule has 0 saturated carbocycles. The van der Waals surface area contributed by atoms with Crippen LogP contribution in [0.25, 0.3) is 0 Å². The van der Waals surface area contributed by atoms with E-state index in [4.69, 9.17) is 4.74 Å². The Bertz CT molecular complexity index is 473. The second kappa shape index (κ2) is 10.8. The summed E-state index contributed by atoms with van der Waals surface area (Å²) in [7, 11) is 1.81. The number of piperidine rings is 1. The van der Waals surface area contributed by atoms with Crippen LogP contribution in [0.3, 0.4) is 0 Å². The molecule has 0 amide bonds. The molecule has 1 fully saturated rings. The lowest BCUT2D eigenvalue weighted by atomic mass is 10.1. The summed E-state index contributed by atoms with van der Waals surface area (Å²) in [5, 5.41) is 3.39. The highest BCUT2D eigenvalue weighted by molar-refractivity contribution is 14.0. The Morgan fingerprint density at radius 3 is 2.52 bits per heavy atom. The van der Waals surface area contributed by atoms with E-state index in [1.54, 1.807) is 0 Å². The number of hydrogen-bond acceptors (Lipinski definition) is 2. The number of aliphatic imine (C=N–C) groups is 1. The molecule has 1 aliphatic heterocycles. The largest absolute Gasteiger partial charge is 0.378 e. The lowest BCUT2D eigenvalue weighted by Gasteiger charge is -2.34. The minimum Gasteiger partial charge on any atom is -0.378 e. The standard InChI is InChI=1S/C17H26FN3O.HI/c1-3-22-16-9-12-21(13-10-16)17(19-2)20-11-8-14-4-6-15(18)7-5-14;/h4-7,16H,3,8-13H2,1-2H3,(H,19,20);1H. The Morgan fingerprint density at radius 2 is 1.96 bits per heavy atom. The van der Waals surface area contributed by atoms with Gasteiger partial charge in [-0.05, 0) is 43.9 Å². The monoisotopic (exact) mass is 435 g/mol. The number of benzene rings is 1. The summed E-state index contributed by atoms with van der Waals surface area (Å²) in [6, 6.07) is 6.66. The highest BCUT2D eigenvalue weighted by atomic mass is 127. The summed E-state index contributed by atoms with van der Waals surface area (Å²) in [5.74, 6) is 0.752. The van der Waals surface area contributed by atoms with Crippen molar-refractivity contribution in [3.05, 3.63) is 35.6 Å². The van der Waals surface area contributed by atoms with E-state index in [2.05, 4.69) is 15.2 Å². The molecule has 1 N–H and O–H groups in total. The van der Waals surface area contributed by atoms with E-state index >= 15 is 0 Å². The van der Waals surface area contributed by atoms with Gasteiger partial charge >= 0.3 is 0 Å². The maximum absolute atomic E-state index is 12.9. The van der Waals surface area contributed by atoms with E-state index in [-0.39, 0.29) is 29.8 Å². The minimum atomic E-state index is -0.190. The zero-order chi connectivity index (χ0) is 15.8. The Hall–Kier alpha value is -0.890. The number of hydrogen-bond donors (Lipinski definition) is 1. The van der Waals surface area contributed by atoms with Crippen molar-refractivity contribution in [2.45, 2.75) is 32.3 Å². The Labute approximate surface area is 155 Å². The van der Waals surface area contributed by atoms with Crippen LogP contribution in [0.1, 0.15) is 25.3 Å². The molecule has 1 heterocycles. The van der Waals surface area contributed by atoms with Gasteiger partial charge in [-0.15, -0.1) is 24.0 Å². The van der Waals surface area contributed by atoms with Gasteiger partial charge < -0.3 is 15.0 Å². The molecule has 0 unspecified atom stereocenters. The lowest BCUT2D eigenvalue weighted by Crippen LogP contribution is -2.47. The van der Waals surface area contributed by atoms with Gasteiger partial charge in [0.1, 0.15) is 5.82 Å². The first-order valence-corrected chi connectivity index (χ1v) is 8.04. The fraction of sp³-hybridized carbons (Fsp3) is 0.588. The number of nitrogens with one attached hydrogen (secondary N) is 1. The third kappa shape index (κ3) is 6.63.